The second-order valence-corrected chi connectivity index (χ2v) is 6.24. The molecule has 0 N–H and O–H groups in total. The molecule has 0 unspecified atom stereocenters. The van der Waals surface area contributed by atoms with Crippen molar-refractivity contribution in [3.8, 4) is 5.75 Å². The summed E-state index contributed by atoms with van der Waals surface area (Å²) < 4.78 is 12.2. The molecule has 2 aromatic carbocycles. The van der Waals surface area contributed by atoms with E-state index in [1.54, 1.807) is 0 Å². The van der Waals surface area contributed by atoms with E-state index in [0.29, 0.717) is 44.2 Å². The fourth-order valence-electron chi connectivity index (χ4n) is 2.49. The first kappa shape index (κ1) is 16.0. The fraction of sp³-hybridized carbons (Fsp3) is 0.278. The molecule has 1 amide bonds. The minimum atomic E-state index is -0.00172. The molecule has 23 heavy (non-hydrogen) atoms. The van der Waals surface area contributed by atoms with E-state index in [-0.39, 0.29) is 5.91 Å². The fourth-order valence-corrected chi connectivity index (χ4v) is 2.94. The maximum Gasteiger partial charge on any atom is 0.257 e. The van der Waals surface area contributed by atoms with Crippen molar-refractivity contribution in [2.45, 2.75) is 6.61 Å². The van der Waals surface area contributed by atoms with E-state index >= 15 is 0 Å². The number of para-hydroxylation sites is 1. The van der Waals surface area contributed by atoms with Gasteiger partial charge in [0.1, 0.15) is 12.4 Å². The Balaban J connectivity index is 1.73. The molecule has 0 bridgehead atoms. The highest BCUT2D eigenvalue weighted by Crippen LogP contribution is 2.22. The summed E-state index contributed by atoms with van der Waals surface area (Å²) in [5, 5.41) is 0. The van der Waals surface area contributed by atoms with Crippen LogP contribution >= 0.6 is 15.9 Å². The molecular weight excluding hydrogens is 358 g/mol. The Morgan fingerprint density at radius 3 is 2.70 bits per heavy atom. The zero-order valence-electron chi connectivity index (χ0n) is 12.7. The van der Waals surface area contributed by atoms with Gasteiger partial charge in [-0.05, 0) is 29.8 Å². The van der Waals surface area contributed by atoms with Crippen molar-refractivity contribution < 1.29 is 14.3 Å². The summed E-state index contributed by atoms with van der Waals surface area (Å²) in [6.07, 6.45) is 0. The number of ether oxygens (including phenoxy) is 2. The molecule has 1 aliphatic rings. The standard InChI is InChI=1S/C18H18BrNO3/c19-15-5-3-4-14(12-15)13-23-17-7-2-1-6-16(17)18(21)20-8-10-22-11-9-20/h1-7,12H,8-11,13H2. The highest BCUT2D eigenvalue weighted by atomic mass is 79.9. The van der Waals surface area contributed by atoms with Crippen LogP contribution in [-0.2, 0) is 11.3 Å². The van der Waals surface area contributed by atoms with Gasteiger partial charge in [-0.15, -0.1) is 0 Å². The van der Waals surface area contributed by atoms with Crippen LogP contribution in [0.1, 0.15) is 15.9 Å². The summed E-state index contributed by atoms with van der Waals surface area (Å²) in [4.78, 5) is 14.5. The van der Waals surface area contributed by atoms with Gasteiger partial charge in [-0.3, -0.25) is 4.79 Å². The van der Waals surface area contributed by atoms with Crippen LogP contribution in [0.3, 0.4) is 0 Å². The van der Waals surface area contributed by atoms with Crippen molar-refractivity contribution in [2.24, 2.45) is 0 Å². The number of hydrogen-bond donors (Lipinski definition) is 0. The number of halogens is 1. The molecule has 0 atom stereocenters. The van der Waals surface area contributed by atoms with Crippen LogP contribution in [0.4, 0.5) is 0 Å². The Morgan fingerprint density at radius 2 is 1.91 bits per heavy atom. The van der Waals surface area contributed by atoms with Gasteiger partial charge in [0.25, 0.3) is 5.91 Å². The topological polar surface area (TPSA) is 38.8 Å². The van der Waals surface area contributed by atoms with Gasteiger partial charge in [0, 0.05) is 17.6 Å². The second kappa shape index (κ2) is 7.62. The number of carbonyl (C=O) groups excluding carboxylic acids is 1. The molecule has 4 nitrogen and oxygen atoms in total. The molecule has 1 heterocycles. The molecule has 1 aliphatic heterocycles. The Hall–Kier alpha value is -1.85. The SMILES string of the molecule is O=C(c1ccccc1OCc1cccc(Br)c1)N1CCOCC1. The molecule has 0 aromatic heterocycles. The number of morpholine rings is 1. The van der Waals surface area contributed by atoms with Crippen molar-refractivity contribution in [3.05, 3.63) is 64.1 Å². The Morgan fingerprint density at radius 1 is 1.13 bits per heavy atom. The van der Waals surface area contributed by atoms with E-state index < -0.39 is 0 Å². The van der Waals surface area contributed by atoms with E-state index in [9.17, 15) is 4.79 Å². The lowest BCUT2D eigenvalue weighted by molar-refractivity contribution is 0.0300. The lowest BCUT2D eigenvalue weighted by Crippen LogP contribution is -2.40. The van der Waals surface area contributed by atoms with E-state index in [2.05, 4.69) is 15.9 Å². The Kier molecular flexibility index (Phi) is 5.31. The highest BCUT2D eigenvalue weighted by Gasteiger charge is 2.21. The van der Waals surface area contributed by atoms with Gasteiger partial charge in [0.05, 0.1) is 18.8 Å². The molecule has 3 rings (SSSR count). The number of amides is 1. The molecule has 0 radical (unpaired) electrons. The van der Waals surface area contributed by atoms with Crippen LogP contribution in [0, 0.1) is 0 Å². The Bertz CT molecular complexity index is 683. The summed E-state index contributed by atoms with van der Waals surface area (Å²) in [7, 11) is 0. The molecule has 1 saturated heterocycles. The third-order valence-corrected chi connectivity index (χ3v) is 4.19. The van der Waals surface area contributed by atoms with Gasteiger partial charge < -0.3 is 14.4 Å². The number of nitrogens with zero attached hydrogens (tertiary/aromatic N) is 1. The molecule has 120 valence electrons. The van der Waals surface area contributed by atoms with Crippen LogP contribution in [-0.4, -0.2) is 37.1 Å². The lowest BCUT2D eigenvalue weighted by Gasteiger charge is -2.27. The third-order valence-electron chi connectivity index (χ3n) is 3.70. The minimum absolute atomic E-state index is 0.00172. The monoisotopic (exact) mass is 375 g/mol. The Labute approximate surface area is 144 Å². The maximum absolute atomic E-state index is 12.7. The summed E-state index contributed by atoms with van der Waals surface area (Å²) in [5.74, 6) is 0.613. The van der Waals surface area contributed by atoms with Crippen LogP contribution in [0.2, 0.25) is 0 Å². The average molecular weight is 376 g/mol. The summed E-state index contributed by atoms with van der Waals surface area (Å²) in [5.41, 5.74) is 1.65. The largest absolute Gasteiger partial charge is 0.488 e. The van der Waals surface area contributed by atoms with Gasteiger partial charge in [-0.2, -0.15) is 0 Å². The molecule has 5 heteroatoms. The first-order chi connectivity index (χ1) is 11.2. The molecule has 2 aromatic rings. The van der Waals surface area contributed by atoms with Crippen molar-refractivity contribution in [2.75, 3.05) is 26.3 Å². The van der Waals surface area contributed by atoms with E-state index in [4.69, 9.17) is 9.47 Å². The molecule has 0 spiro atoms. The van der Waals surface area contributed by atoms with Crippen LogP contribution in [0.25, 0.3) is 0 Å². The minimum Gasteiger partial charge on any atom is -0.488 e. The predicted octanol–water partition coefficient (Wildman–Crippen LogP) is 3.50. The van der Waals surface area contributed by atoms with Gasteiger partial charge in [-0.25, -0.2) is 0 Å². The first-order valence-electron chi connectivity index (χ1n) is 7.57. The van der Waals surface area contributed by atoms with E-state index in [1.165, 1.54) is 0 Å². The van der Waals surface area contributed by atoms with Crippen LogP contribution in [0.15, 0.2) is 53.0 Å². The van der Waals surface area contributed by atoms with Crippen molar-refractivity contribution in [1.82, 2.24) is 4.90 Å². The van der Waals surface area contributed by atoms with Crippen LogP contribution < -0.4 is 4.74 Å². The van der Waals surface area contributed by atoms with Gasteiger partial charge >= 0.3 is 0 Å². The zero-order valence-corrected chi connectivity index (χ0v) is 14.3. The molecule has 0 saturated carbocycles. The second-order valence-electron chi connectivity index (χ2n) is 5.32. The smallest absolute Gasteiger partial charge is 0.257 e. The zero-order chi connectivity index (χ0) is 16.1. The van der Waals surface area contributed by atoms with Crippen molar-refractivity contribution in [1.29, 1.82) is 0 Å². The molecule has 1 fully saturated rings. The van der Waals surface area contributed by atoms with E-state index in [1.807, 2.05) is 53.4 Å². The van der Waals surface area contributed by atoms with Gasteiger partial charge in [0.15, 0.2) is 0 Å². The number of rotatable bonds is 4. The highest BCUT2D eigenvalue weighted by molar-refractivity contribution is 9.10. The van der Waals surface area contributed by atoms with E-state index in [0.717, 1.165) is 10.0 Å². The number of carbonyl (C=O) groups is 1. The summed E-state index contributed by atoms with van der Waals surface area (Å²) in [6.45, 7) is 2.85. The van der Waals surface area contributed by atoms with Crippen LogP contribution in [0.5, 0.6) is 5.75 Å². The van der Waals surface area contributed by atoms with Gasteiger partial charge in [-0.1, -0.05) is 40.2 Å². The maximum atomic E-state index is 12.7. The van der Waals surface area contributed by atoms with Crippen molar-refractivity contribution >= 4 is 21.8 Å². The third kappa shape index (κ3) is 4.12. The predicted molar refractivity (Wildman–Crippen MR) is 91.6 cm³/mol. The average Bonchev–Trinajstić information content (AvgIpc) is 2.60. The first-order valence-corrected chi connectivity index (χ1v) is 8.36. The molecular formula is C18H18BrNO3. The summed E-state index contributed by atoms with van der Waals surface area (Å²) in [6, 6.07) is 15.3. The number of hydrogen-bond acceptors (Lipinski definition) is 3. The lowest BCUT2D eigenvalue weighted by atomic mass is 10.1. The number of benzene rings is 2. The summed E-state index contributed by atoms with van der Waals surface area (Å²) >= 11 is 3.45. The molecule has 0 aliphatic carbocycles. The van der Waals surface area contributed by atoms with Crippen molar-refractivity contribution in [3.63, 3.8) is 0 Å². The quantitative estimate of drug-likeness (QED) is 0.820. The normalized spacial score (nSPS) is 14.6. The van der Waals surface area contributed by atoms with Gasteiger partial charge in [0.2, 0.25) is 0 Å².